The summed E-state index contributed by atoms with van der Waals surface area (Å²) in [4.78, 5) is 100. The number of carbonyl (C=O) groups excluding carboxylic acids is 7. The summed E-state index contributed by atoms with van der Waals surface area (Å²) in [6.07, 6.45) is 3.60. The highest BCUT2D eigenvalue weighted by molar-refractivity contribution is 6.12. The van der Waals surface area contributed by atoms with Crippen LogP contribution in [0.2, 0.25) is 0 Å². The average molecular weight is 771 g/mol. The van der Waals surface area contributed by atoms with Crippen LogP contribution in [0.25, 0.3) is 0 Å². The smallest absolute Gasteiger partial charge is 0.322 e. The molecule has 0 radical (unpaired) electrons. The van der Waals surface area contributed by atoms with E-state index in [1.807, 2.05) is 0 Å². The largest absolute Gasteiger partial charge is 0.480 e. The van der Waals surface area contributed by atoms with Crippen LogP contribution in [-0.2, 0) is 52.5 Å². The van der Waals surface area contributed by atoms with Gasteiger partial charge in [0.05, 0.1) is 65.4 Å². The molecule has 19 heteroatoms. The first-order valence-electron chi connectivity index (χ1n) is 17.8. The quantitative estimate of drug-likeness (QED) is 0.0491. The van der Waals surface area contributed by atoms with Crippen molar-refractivity contribution in [2.45, 2.75) is 71.9 Å². The lowest BCUT2D eigenvalue weighted by atomic mass is 9.89. The molecule has 0 aromatic heterocycles. The van der Waals surface area contributed by atoms with Gasteiger partial charge in [-0.1, -0.05) is 21.3 Å². The van der Waals surface area contributed by atoms with E-state index in [1.165, 1.54) is 17.1 Å². The Bertz CT molecular complexity index is 1280. The molecule has 0 unspecified atom stereocenters. The van der Waals surface area contributed by atoms with Gasteiger partial charge in [0.25, 0.3) is 11.8 Å². The van der Waals surface area contributed by atoms with Crippen molar-refractivity contribution in [3.63, 3.8) is 0 Å². The first kappa shape index (κ1) is 47.6. The molecule has 54 heavy (non-hydrogen) atoms. The number of nitrogens with one attached hydrogen (secondary N) is 3. The third kappa shape index (κ3) is 18.0. The molecule has 306 valence electrons. The Labute approximate surface area is 316 Å². The van der Waals surface area contributed by atoms with E-state index in [4.69, 9.17) is 29.8 Å². The Morgan fingerprint density at radius 1 is 0.889 bits per heavy atom. The molecule has 0 aromatic rings. The van der Waals surface area contributed by atoms with Crippen LogP contribution in [-0.4, -0.2) is 153 Å². The van der Waals surface area contributed by atoms with Crippen molar-refractivity contribution in [1.82, 2.24) is 25.8 Å². The van der Waals surface area contributed by atoms with Crippen LogP contribution in [0.5, 0.6) is 0 Å². The van der Waals surface area contributed by atoms with Crippen molar-refractivity contribution in [3.05, 3.63) is 12.2 Å². The monoisotopic (exact) mass is 770 g/mol. The number of carbonyl (C=O) groups is 8. The molecular formula is C35H58N6O13. The number of rotatable bonds is 28. The Hall–Kier alpha value is -4.46. The third-order valence-electron chi connectivity index (χ3n) is 8.36. The molecule has 2 rings (SSSR count). The van der Waals surface area contributed by atoms with Crippen molar-refractivity contribution in [1.29, 1.82) is 0 Å². The van der Waals surface area contributed by atoms with E-state index in [2.05, 4.69) is 16.0 Å². The Morgan fingerprint density at radius 2 is 1.46 bits per heavy atom. The molecular weight excluding hydrogens is 712 g/mol. The van der Waals surface area contributed by atoms with Gasteiger partial charge in [-0.2, -0.15) is 0 Å². The SMILES string of the molecule is C.CC(C)[C@H](NC(=O)CCOCCOCCOCCOCCN1C(=O)C=CC1=O)C(=O)C[C@@H](CCCNC(N)=O)C(=O)N1CCC[C@H]1C(=O)NCC(=O)O. The molecule has 0 bridgehead atoms. The van der Waals surface area contributed by atoms with E-state index in [9.17, 15) is 38.4 Å². The van der Waals surface area contributed by atoms with Crippen LogP contribution in [0.1, 0.15) is 59.8 Å². The van der Waals surface area contributed by atoms with Gasteiger partial charge in [-0.25, -0.2) is 4.79 Å². The molecule has 2 heterocycles. The van der Waals surface area contributed by atoms with E-state index in [0.717, 1.165) is 4.90 Å². The number of primary amides is 1. The average Bonchev–Trinajstić information content (AvgIpc) is 3.73. The lowest BCUT2D eigenvalue weighted by molar-refractivity contribution is -0.144. The Morgan fingerprint density at radius 3 is 2.02 bits per heavy atom. The summed E-state index contributed by atoms with van der Waals surface area (Å²) in [6.45, 7) is 5.60. The number of likely N-dealkylation sites (tertiary alicyclic amines) is 1. The van der Waals surface area contributed by atoms with Crippen LogP contribution in [0.4, 0.5) is 4.79 Å². The molecule has 0 aromatic carbocycles. The summed E-state index contributed by atoms with van der Waals surface area (Å²) in [7, 11) is 0. The lowest BCUT2D eigenvalue weighted by Gasteiger charge is -2.29. The third-order valence-corrected chi connectivity index (χ3v) is 8.36. The van der Waals surface area contributed by atoms with E-state index < -0.39 is 54.3 Å². The molecule has 1 fully saturated rings. The van der Waals surface area contributed by atoms with Crippen LogP contribution < -0.4 is 21.7 Å². The Kier molecular flexibility index (Phi) is 23.2. The number of amides is 7. The summed E-state index contributed by atoms with van der Waals surface area (Å²) in [5, 5.41) is 16.4. The molecule has 0 spiro atoms. The molecule has 2 aliphatic rings. The van der Waals surface area contributed by atoms with Gasteiger partial charge in [-0.05, 0) is 31.6 Å². The number of Topliss-reactive ketones (excluding diaryl/α,β-unsaturated/α-hetero) is 1. The molecule has 19 nitrogen and oxygen atoms in total. The molecule has 1 saturated heterocycles. The molecule has 7 amide bonds. The van der Waals surface area contributed by atoms with Crippen molar-refractivity contribution < 1.29 is 62.4 Å². The first-order chi connectivity index (χ1) is 25.3. The van der Waals surface area contributed by atoms with Crippen LogP contribution in [0, 0.1) is 11.8 Å². The Balaban J connectivity index is 0.0000146. The van der Waals surface area contributed by atoms with Gasteiger partial charge in [0.15, 0.2) is 5.78 Å². The summed E-state index contributed by atoms with van der Waals surface area (Å²) < 4.78 is 21.7. The molecule has 2 aliphatic heterocycles. The summed E-state index contributed by atoms with van der Waals surface area (Å²) in [6, 6.07) is -2.49. The lowest BCUT2D eigenvalue weighted by Crippen LogP contribution is -2.50. The number of ether oxygens (including phenoxy) is 4. The number of carboxylic acid groups (broad SMARTS) is 1. The highest BCUT2D eigenvalue weighted by atomic mass is 16.6. The van der Waals surface area contributed by atoms with Gasteiger partial charge in [0.1, 0.15) is 12.6 Å². The number of hydrogen-bond donors (Lipinski definition) is 5. The van der Waals surface area contributed by atoms with Crippen molar-refractivity contribution in [2.24, 2.45) is 17.6 Å². The summed E-state index contributed by atoms with van der Waals surface area (Å²) >= 11 is 0. The van der Waals surface area contributed by atoms with Gasteiger partial charge in [-0.3, -0.25) is 38.5 Å². The highest BCUT2D eigenvalue weighted by Crippen LogP contribution is 2.25. The fourth-order valence-electron chi connectivity index (χ4n) is 5.66. The molecule has 6 N–H and O–H groups in total. The number of ketones is 1. The fourth-order valence-corrected chi connectivity index (χ4v) is 5.66. The standard InChI is InChI=1S/C34H54N6O13.CH4/c1-23(2)31(38-27(42)9-13-50-15-17-52-19-20-53-18-16-51-14-12-40-28(43)7-8-29(40)44)26(41)21-24(5-3-10-36-34(35)49)33(48)39-11-4-6-25(39)32(47)37-22-30(45)46;/h7-8,23-25,31H,3-6,9-22H2,1-2H3,(H,37,47)(H,38,42)(H,45,46)(H3,35,36,49);1H4/t24-,25+,31+;/m1./s1. The normalized spacial score (nSPS) is 16.2. The molecule has 0 aliphatic carbocycles. The zero-order valence-electron chi connectivity index (χ0n) is 30.5. The molecule has 0 saturated carbocycles. The van der Waals surface area contributed by atoms with E-state index in [1.54, 1.807) is 13.8 Å². The van der Waals surface area contributed by atoms with Crippen molar-refractivity contribution in [2.75, 3.05) is 79.0 Å². The minimum absolute atomic E-state index is 0. The predicted octanol–water partition coefficient (Wildman–Crippen LogP) is -0.639. The topological polar surface area (TPSA) is 262 Å². The van der Waals surface area contributed by atoms with E-state index in [-0.39, 0.29) is 96.3 Å². The van der Waals surface area contributed by atoms with E-state index >= 15 is 0 Å². The minimum atomic E-state index is -1.22. The number of aliphatic carboxylic acids is 1. The van der Waals surface area contributed by atoms with Crippen LogP contribution in [0.3, 0.4) is 0 Å². The highest BCUT2D eigenvalue weighted by Gasteiger charge is 2.38. The first-order valence-corrected chi connectivity index (χ1v) is 17.8. The maximum atomic E-state index is 13.7. The zero-order valence-corrected chi connectivity index (χ0v) is 30.5. The van der Waals surface area contributed by atoms with Gasteiger partial charge < -0.3 is 50.6 Å². The van der Waals surface area contributed by atoms with Crippen LogP contribution >= 0.6 is 0 Å². The number of nitrogens with two attached hydrogens (primary N) is 1. The summed E-state index contributed by atoms with van der Waals surface area (Å²) in [5.74, 6) is -4.87. The van der Waals surface area contributed by atoms with Crippen molar-refractivity contribution in [3.8, 4) is 0 Å². The number of hydrogen-bond acceptors (Lipinski definition) is 12. The van der Waals surface area contributed by atoms with Gasteiger partial charge in [0.2, 0.25) is 17.7 Å². The predicted molar refractivity (Wildman–Crippen MR) is 193 cm³/mol. The second-order valence-electron chi connectivity index (χ2n) is 12.8. The van der Waals surface area contributed by atoms with Gasteiger partial charge >= 0.3 is 12.0 Å². The fraction of sp³-hybridized carbons (Fsp3) is 0.714. The minimum Gasteiger partial charge on any atom is -0.480 e. The van der Waals surface area contributed by atoms with Gasteiger partial charge in [0, 0.05) is 44.0 Å². The number of nitrogens with zero attached hydrogens (tertiary/aromatic N) is 2. The number of imide groups is 1. The van der Waals surface area contributed by atoms with Crippen molar-refractivity contribution >= 4 is 47.3 Å². The molecule has 3 atom stereocenters. The number of carboxylic acids is 1. The second kappa shape index (κ2) is 26.3. The maximum Gasteiger partial charge on any atom is 0.322 e. The van der Waals surface area contributed by atoms with Gasteiger partial charge in [-0.15, -0.1) is 0 Å². The number of urea groups is 1. The second-order valence-corrected chi connectivity index (χ2v) is 12.8. The van der Waals surface area contributed by atoms with E-state index in [0.29, 0.717) is 45.7 Å². The maximum absolute atomic E-state index is 13.7. The van der Waals surface area contributed by atoms with Crippen LogP contribution in [0.15, 0.2) is 12.2 Å². The summed E-state index contributed by atoms with van der Waals surface area (Å²) in [5.41, 5.74) is 5.14. The zero-order chi connectivity index (χ0) is 39.2.